The number of aromatic nitrogens is 1. The van der Waals surface area contributed by atoms with Gasteiger partial charge in [-0.3, -0.25) is 9.78 Å². The molecule has 20 heavy (non-hydrogen) atoms. The highest BCUT2D eigenvalue weighted by Gasteiger charge is 2.29. The zero-order chi connectivity index (χ0) is 14.2. The lowest BCUT2D eigenvalue weighted by molar-refractivity contribution is 0.0967. The van der Waals surface area contributed by atoms with Gasteiger partial charge in [-0.15, -0.1) is 0 Å². The molecule has 0 spiro atoms. The molecule has 1 fully saturated rings. The number of ketones is 1. The standard InChI is InChI=1S/C15H15NO3S/c17-15(9-11-6-8-20(18,19)10-11)13-3-1-5-14-12(13)4-2-7-16-14/h1-5,7,11H,6,8-10H2. The summed E-state index contributed by atoms with van der Waals surface area (Å²) in [6.45, 7) is 0. The van der Waals surface area contributed by atoms with E-state index in [0.717, 1.165) is 10.9 Å². The van der Waals surface area contributed by atoms with E-state index in [-0.39, 0.29) is 23.2 Å². The molecule has 1 aliphatic heterocycles. The number of benzene rings is 1. The lowest BCUT2D eigenvalue weighted by atomic mass is 9.95. The van der Waals surface area contributed by atoms with Crippen molar-refractivity contribution in [3.8, 4) is 0 Å². The van der Waals surface area contributed by atoms with Crippen LogP contribution >= 0.6 is 0 Å². The number of nitrogens with zero attached hydrogens (tertiary/aromatic N) is 1. The van der Waals surface area contributed by atoms with Crippen molar-refractivity contribution in [2.24, 2.45) is 5.92 Å². The predicted octanol–water partition coefficient (Wildman–Crippen LogP) is 2.24. The number of Topliss-reactive ketones (excluding diaryl/α,β-unsaturated/α-hetero) is 1. The Morgan fingerprint density at radius 2 is 2.10 bits per heavy atom. The zero-order valence-corrected chi connectivity index (χ0v) is 11.8. The third-order valence-corrected chi connectivity index (χ3v) is 5.58. The number of carbonyl (C=O) groups excluding carboxylic acids is 1. The molecule has 5 heteroatoms. The van der Waals surface area contributed by atoms with E-state index in [2.05, 4.69) is 4.98 Å². The topological polar surface area (TPSA) is 64.1 Å². The Morgan fingerprint density at radius 3 is 2.85 bits per heavy atom. The molecule has 1 unspecified atom stereocenters. The molecule has 1 saturated heterocycles. The Hall–Kier alpha value is -1.75. The van der Waals surface area contributed by atoms with Crippen LogP contribution in [0, 0.1) is 5.92 Å². The van der Waals surface area contributed by atoms with Crippen molar-refractivity contribution in [3.63, 3.8) is 0 Å². The van der Waals surface area contributed by atoms with Crippen LogP contribution < -0.4 is 0 Å². The Morgan fingerprint density at radius 1 is 1.25 bits per heavy atom. The van der Waals surface area contributed by atoms with Gasteiger partial charge in [0.05, 0.1) is 17.0 Å². The first kappa shape index (κ1) is 13.2. The molecule has 2 aromatic rings. The Kier molecular flexibility index (Phi) is 3.30. The summed E-state index contributed by atoms with van der Waals surface area (Å²) in [5.41, 5.74) is 1.43. The molecule has 0 amide bonds. The fraction of sp³-hybridized carbons (Fsp3) is 0.333. The molecule has 1 aromatic carbocycles. The van der Waals surface area contributed by atoms with E-state index in [4.69, 9.17) is 0 Å². The zero-order valence-electron chi connectivity index (χ0n) is 11.0. The molecular formula is C15H15NO3S. The highest BCUT2D eigenvalue weighted by atomic mass is 32.2. The summed E-state index contributed by atoms with van der Waals surface area (Å²) >= 11 is 0. The summed E-state index contributed by atoms with van der Waals surface area (Å²) in [5.74, 6) is 0.314. The molecule has 104 valence electrons. The van der Waals surface area contributed by atoms with E-state index >= 15 is 0 Å². The number of sulfone groups is 1. The van der Waals surface area contributed by atoms with Crippen LogP contribution in [0.3, 0.4) is 0 Å². The monoisotopic (exact) mass is 289 g/mol. The Labute approximate surface area is 117 Å². The van der Waals surface area contributed by atoms with Gasteiger partial charge >= 0.3 is 0 Å². The van der Waals surface area contributed by atoms with E-state index in [9.17, 15) is 13.2 Å². The average molecular weight is 289 g/mol. The van der Waals surface area contributed by atoms with Crippen LogP contribution in [0.1, 0.15) is 23.2 Å². The summed E-state index contributed by atoms with van der Waals surface area (Å²) in [7, 11) is -2.93. The second-order valence-electron chi connectivity index (χ2n) is 5.27. The number of hydrogen-bond acceptors (Lipinski definition) is 4. The molecule has 3 rings (SSSR count). The van der Waals surface area contributed by atoms with Gasteiger partial charge < -0.3 is 0 Å². The minimum atomic E-state index is -2.93. The van der Waals surface area contributed by atoms with Crippen molar-refractivity contribution in [3.05, 3.63) is 42.1 Å². The van der Waals surface area contributed by atoms with Gasteiger partial charge in [0.2, 0.25) is 0 Å². The fourth-order valence-electron chi connectivity index (χ4n) is 2.75. The number of hydrogen-bond donors (Lipinski definition) is 0. The van der Waals surface area contributed by atoms with Crippen molar-refractivity contribution >= 4 is 26.5 Å². The van der Waals surface area contributed by atoms with Gasteiger partial charge in [0.1, 0.15) is 0 Å². The molecule has 0 radical (unpaired) electrons. The highest BCUT2D eigenvalue weighted by Crippen LogP contribution is 2.25. The smallest absolute Gasteiger partial charge is 0.163 e. The van der Waals surface area contributed by atoms with Crippen molar-refractivity contribution in [1.82, 2.24) is 4.98 Å². The molecule has 4 nitrogen and oxygen atoms in total. The van der Waals surface area contributed by atoms with E-state index in [1.54, 1.807) is 18.3 Å². The van der Waals surface area contributed by atoms with Crippen LogP contribution in [0.25, 0.3) is 10.9 Å². The molecule has 0 saturated carbocycles. The minimum Gasteiger partial charge on any atom is -0.294 e. The molecule has 1 aliphatic rings. The van der Waals surface area contributed by atoms with Gasteiger partial charge in [-0.25, -0.2) is 8.42 Å². The van der Waals surface area contributed by atoms with Crippen molar-refractivity contribution in [2.75, 3.05) is 11.5 Å². The van der Waals surface area contributed by atoms with E-state index in [1.807, 2.05) is 18.2 Å². The lowest BCUT2D eigenvalue weighted by Gasteiger charge is -2.08. The van der Waals surface area contributed by atoms with Gasteiger partial charge in [-0.2, -0.15) is 0 Å². The van der Waals surface area contributed by atoms with E-state index in [0.29, 0.717) is 18.4 Å². The summed E-state index contributed by atoms with van der Waals surface area (Å²) in [6, 6.07) is 9.15. The highest BCUT2D eigenvalue weighted by molar-refractivity contribution is 7.91. The third-order valence-electron chi connectivity index (χ3n) is 3.75. The normalized spacial score (nSPS) is 21.1. The van der Waals surface area contributed by atoms with E-state index < -0.39 is 9.84 Å². The van der Waals surface area contributed by atoms with Crippen LogP contribution in [0.4, 0.5) is 0 Å². The van der Waals surface area contributed by atoms with Crippen LogP contribution in [0.15, 0.2) is 36.5 Å². The molecule has 0 aliphatic carbocycles. The maximum Gasteiger partial charge on any atom is 0.163 e. The first-order valence-corrected chi connectivity index (χ1v) is 8.45. The summed E-state index contributed by atoms with van der Waals surface area (Å²) in [4.78, 5) is 16.6. The van der Waals surface area contributed by atoms with E-state index in [1.165, 1.54) is 0 Å². The number of pyridine rings is 1. The number of carbonyl (C=O) groups is 1. The summed E-state index contributed by atoms with van der Waals surface area (Å²) < 4.78 is 22.9. The average Bonchev–Trinajstić information content (AvgIpc) is 2.77. The SMILES string of the molecule is O=C(CC1CCS(=O)(=O)C1)c1cccc2ncccc12. The number of rotatable bonds is 3. The van der Waals surface area contributed by atoms with Crippen LogP contribution in [-0.4, -0.2) is 30.7 Å². The number of fused-ring (bicyclic) bond motifs is 1. The predicted molar refractivity (Wildman–Crippen MR) is 77.5 cm³/mol. The molecular weight excluding hydrogens is 274 g/mol. The van der Waals surface area contributed by atoms with Gasteiger partial charge in [0.15, 0.2) is 15.6 Å². The summed E-state index contributed by atoms with van der Waals surface area (Å²) in [5, 5.41) is 0.834. The maximum atomic E-state index is 12.4. The minimum absolute atomic E-state index is 0.00528. The van der Waals surface area contributed by atoms with Crippen molar-refractivity contribution < 1.29 is 13.2 Å². The van der Waals surface area contributed by atoms with Crippen molar-refractivity contribution in [2.45, 2.75) is 12.8 Å². The first-order chi connectivity index (χ1) is 9.55. The lowest BCUT2D eigenvalue weighted by Crippen LogP contribution is -2.11. The molecule has 0 bridgehead atoms. The Balaban J connectivity index is 1.86. The second kappa shape index (κ2) is 4.98. The van der Waals surface area contributed by atoms with Crippen LogP contribution in [0.5, 0.6) is 0 Å². The fourth-order valence-corrected chi connectivity index (χ4v) is 4.61. The molecule has 2 heterocycles. The second-order valence-corrected chi connectivity index (χ2v) is 7.50. The third kappa shape index (κ3) is 2.58. The van der Waals surface area contributed by atoms with Gasteiger partial charge in [-0.1, -0.05) is 18.2 Å². The molecule has 1 atom stereocenters. The van der Waals surface area contributed by atoms with Crippen molar-refractivity contribution in [1.29, 1.82) is 0 Å². The Bertz CT molecular complexity index is 762. The first-order valence-electron chi connectivity index (χ1n) is 6.62. The molecule has 0 N–H and O–H groups in total. The molecule has 1 aromatic heterocycles. The van der Waals surface area contributed by atoms with Crippen LogP contribution in [-0.2, 0) is 9.84 Å². The largest absolute Gasteiger partial charge is 0.294 e. The quantitative estimate of drug-likeness (QED) is 0.813. The maximum absolute atomic E-state index is 12.4. The van der Waals surface area contributed by atoms with Gasteiger partial charge in [0, 0.05) is 23.6 Å². The van der Waals surface area contributed by atoms with Gasteiger partial charge in [-0.05, 0) is 24.5 Å². The van der Waals surface area contributed by atoms with Crippen LogP contribution in [0.2, 0.25) is 0 Å². The summed E-state index contributed by atoms with van der Waals surface area (Å²) in [6.07, 6.45) is 2.59. The van der Waals surface area contributed by atoms with Gasteiger partial charge in [0.25, 0.3) is 0 Å².